The molecule has 162 valence electrons. The first kappa shape index (κ1) is 24.3. The number of carbonyl (C=O) groups is 2. The van der Waals surface area contributed by atoms with E-state index in [2.05, 4.69) is 20.3 Å². The fourth-order valence-electron chi connectivity index (χ4n) is 3.88. The van der Waals surface area contributed by atoms with Gasteiger partial charge < -0.3 is 16.0 Å². The van der Waals surface area contributed by atoms with E-state index in [4.69, 9.17) is 11.6 Å². The average Bonchev–Trinajstić information content (AvgIpc) is 2.75. The van der Waals surface area contributed by atoms with Crippen molar-refractivity contribution >= 4 is 49.2 Å². The van der Waals surface area contributed by atoms with Crippen LogP contribution in [0.25, 0.3) is 0 Å². The molecule has 7 heteroatoms. The molecule has 2 aromatic carbocycles. The number of carbonyl (C=O) groups excluding carboxylic acids is 2. The molecule has 0 fully saturated rings. The highest BCUT2D eigenvalue weighted by Gasteiger charge is 2.45. The number of Topliss-reactive ketones (excluding diaryl/α,β-unsaturated/α-hetero) is 1. The summed E-state index contributed by atoms with van der Waals surface area (Å²) >= 11 is 6.36. The Kier molecular flexibility index (Phi) is 8.04. The quantitative estimate of drug-likeness (QED) is 0.677. The molecule has 0 bridgehead atoms. The van der Waals surface area contributed by atoms with Gasteiger partial charge in [-0.2, -0.15) is 0 Å². The number of amides is 1. The molecule has 2 heterocycles. The van der Waals surface area contributed by atoms with Crippen molar-refractivity contribution in [2.45, 2.75) is 45.6 Å². The summed E-state index contributed by atoms with van der Waals surface area (Å²) in [6, 6.07) is 11.1. The molecule has 5 nitrogen and oxygen atoms in total. The predicted octanol–water partition coefficient (Wildman–Crippen LogP) is 4.19. The third-order valence-corrected chi connectivity index (χ3v) is 6.24. The van der Waals surface area contributed by atoms with E-state index in [1.54, 1.807) is 6.92 Å². The Morgan fingerprint density at radius 3 is 2.40 bits per heavy atom. The zero-order valence-electron chi connectivity index (χ0n) is 18.3. The maximum atomic E-state index is 13.2. The van der Waals surface area contributed by atoms with E-state index in [0.29, 0.717) is 18.0 Å². The molecule has 0 aliphatic carbocycles. The van der Waals surface area contributed by atoms with Crippen LogP contribution >= 0.6 is 20.8 Å². The molecule has 1 amide bonds. The highest BCUT2D eigenvalue weighted by molar-refractivity contribution is 7.27. The van der Waals surface area contributed by atoms with Gasteiger partial charge in [-0.1, -0.05) is 49.7 Å². The second-order valence-corrected chi connectivity index (χ2v) is 8.32. The number of hydrogen-bond acceptors (Lipinski definition) is 4. The number of nitrogens with one attached hydrogen (secondary N) is 1. The molecule has 2 aromatic rings. The molecule has 3 atom stereocenters. The van der Waals surface area contributed by atoms with E-state index in [1.807, 2.05) is 62.1 Å². The summed E-state index contributed by atoms with van der Waals surface area (Å²) in [4.78, 5) is 27.4. The molecule has 2 aliphatic heterocycles. The van der Waals surface area contributed by atoms with Gasteiger partial charge in [0.05, 0.1) is 16.8 Å². The van der Waals surface area contributed by atoms with Gasteiger partial charge in [-0.3, -0.25) is 9.59 Å². The molecule has 4 rings (SSSR count). The Balaban J connectivity index is 0.000000757. The van der Waals surface area contributed by atoms with Gasteiger partial charge in [0.25, 0.3) is 5.91 Å². The standard InChI is InChI=1S/C20H20ClN2O2P.C2H6.CH5N/c1-11(24)20(2)7-8-23-18-15(20)9-13(21)10-16(18)22-17(19(23)25)12-3-5-14(26)6-4-12;2*1-2/h3-6,9-10,17,22H,7-8,26H2,1-2H3;1-2H3;2H2,1H3. The summed E-state index contributed by atoms with van der Waals surface area (Å²) in [5.41, 5.74) is 7.22. The van der Waals surface area contributed by atoms with Crippen LogP contribution in [0.15, 0.2) is 36.4 Å². The fraction of sp³-hybridized carbons (Fsp3) is 0.391. The van der Waals surface area contributed by atoms with Crippen LogP contribution in [-0.4, -0.2) is 25.3 Å². The van der Waals surface area contributed by atoms with Crippen LogP contribution in [0.3, 0.4) is 0 Å². The number of hydrogen-bond donors (Lipinski definition) is 2. The summed E-state index contributed by atoms with van der Waals surface area (Å²) in [6.07, 6.45) is 0.595. The molecule has 3 N–H and O–H groups in total. The molecule has 0 saturated heterocycles. The molecule has 30 heavy (non-hydrogen) atoms. The van der Waals surface area contributed by atoms with Crippen molar-refractivity contribution < 1.29 is 9.59 Å². The predicted molar refractivity (Wildman–Crippen MR) is 130 cm³/mol. The monoisotopic (exact) mass is 447 g/mol. The SMILES string of the molecule is CC.CC(=O)C1(C)CCN2C(=O)C(c3ccc(P)cc3)Nc3cc(Cl)cc1c32.CN. The van der Waals surface area contributed by atoms with Crippen LogP contribution in [0, 0.1) is 0 Å². The van der Waals surface area contributed by atoms with E-state index in [1.165, 1.54) is 7.05 Å². The summed E-state index contributed by atoms with van der Waals surface area (Å²) in [5.74, 6) is 0.0930. The fourth-order valence-corrected chi connectivity index (χ4v) is 4.29. The van der Waals surface area contributed by atoms with Gasteiger partial charge >= 0.3 is 0 Å². The van der Waals surface area contributed by atoms with Crippen molar-refractivity contribution in [3.63, 3.8) is 0 Å². The van der Waals surface area contributed by atoms with E-state index in [9.17, 15) is 9.59 Å². The topological polar surface area (TPSA) is 75.4 Å². The third-order valence-electron chi connectivity index (χ3n) is 5.63. The number of nitrogens with zero attached hydrogens (tertiary/aromatic N) is 1. The Bertz CT molecular complexity index is 933. The lowest BCUT2D eigenvalue weighted by atomic mass is 9.72. The van der Waals surface area contributed by atoms with Crippen molar-refractivity contribution in [1.29, 1.82) is 0 Å². The molecule has 0 saturated carbocycles. The Labute approximate surface area is 186 Å². The van der Waals surface area contributed by atoms with Crippen LogP contribution in [-0.2, 0) is 15.0 Å². The second-order valence-electron chi connectivity index (χ2n) is 7.22. The summed E-state index contributed by atoms with van der Waals surface area (Å²) < 4.78 is 0. The number of rotatable bonds is 2. The second kappa shape index (κ2) is 9.91. The first-order valence-electron chi connectivity index (χ1n) is 10.2. The van der Waals surface area contributed by atoms with Crippen LogP contribution in [0.2, 0.25) is 5.02 Å². The van der Waals surface area contributed by atoms with Gasteiger partial charge in [0, 0.05) is 11.6 Å². The first-order valence-corrected chi connectivity index (χ1v) is 11.1. The maximum Gasteiger partial charge on any atom is 0.254 e. The van der Waals surface area contributed by atoms with E-state index in [0.717, 1.165) is 27.8 Å². The lowest BCUT2D eigenvalue weighted by molar-refractivity contribution is -0.123. The lowest BCUT2D eigenvalue weighted by Gasteiger charge is -2.45. The molecule has 2 aliphatic rings. The van der Waals surface area contributed by atoms with Crippen LogP contribution < -0.4 is 21.3 Å². The minimum atomic E-state index is -0.624. The third kappa shape index (κ3) is 4.25. The van der Waals surface area contributed by atoms with Crippen molar-refractivity contribution in [1.82, 2.24) is 0 Å². The zero-order chi connectivity index (χ0) is 22.6. The Morgan fingerprint density at radius 2 is 1.83 bits per heavy atom. The van der Waals surface area contributed by atoms with Crippen LogP contribution in [0.5, 0.6) is 0 Å². The molecular formula is C23H31ClN3O2P. The van der Waals surface area contributed by atoms with Crippen molar-refractivity contribution in [2.75, 3.05) is 23.8 Å². The number of nitrogens with two attached hydrogens (primary N) is 1. The Hall–Kier alpha value is -1.94. The summed E-state index contributed by atoms with van der Waals surface area (Å²) in [5, 5.41) is 4.98. The smallest absolute Gasteiger partial charge is 0.254 e. The highest BCUT2D eigenvalue weighted by atomic mass is 35.5. The van der Waals surface area contributed by atoms with Gasteiger partial charge in [-0.25, -0.2) is 0 Å². The minimum absolute atomic E-state index is 0.00295. The first-order chi connectivity index (χ1) is 14.3. The number of benzene rings is 2. The number of halogens is 1. The van der Waals surface area contributed by atoms with Gasteiger partial charge in [0.15, 0.2) is 0 Å². The van der Waals surface area contributed by atoms with Gasteiger partial charge in [-0.15, -0.1) is 9.24 Å². The molecule has 3 unspecified atom stereocenters. The zero-order valence-corrected chi connectivity index (χ0v) is 20.2. The molecular weight excluding hydrogens is 417 g/mol. The van der Waals surface area contributed by atoms with Crippen LogP contribution in [0.1, 0.15) is 51.3 Å². The summed E-state index contributed by atoms with van der Waals surface area (Å²) in [7, 11) is 4.15. The van der Waals surface area contributed by atoms with Crippen molar-refractivity contribution in [2.24, 2.45) is 5.73 Å². The molecule has 0 aromatic heterocycles. The maximum absolute atomic E-state index is 13.2. The molecule has 0 spiro atoms. The Morgan fingerprint density at radius 1 is 1.23 bits per heavy atom. The molecule has 0 radical (unpaired) electrons. The minimum Gasteiger partial charge on any atom is -0.368 e. The van der Waals surface area contributed by atoms with Gasteiger partial charge in [0.2, 0.25) is 0 Å². The van der Waals surface area contributed by atoms with Gasteiger partial charge in [-0.05, 0) is 55.9 Å². The van der Waals surface area contributed by atoms with Crippen molar-refractivity contribution in [3.8, 4) is 0 Å². The normalized spacial score (nSPS) is 21.3. The van der Waals surface area contributed by atoms with E-state index in [-0.39, 0.29) is 11.7 Å². The van der Waals surface area contributed by atoms with E-state index >= 15 is 0 Å². The van der Waals surface area contributed by atoms with Gasteiger partial charge in [0.1, 0.15) is 11.8 Å². The largest absolute Gasteiger partial charge is 0.368 e. The summed E-state index contributed by atoms with van der Waals surface area (Å²) in [6.45, 7) is 8.07. The van der Waals surface area contributed by atoms with Crippen LogP contribution in [0.4, 0.5) is 11.4 Å². The van der Waals surface area contributed by atoms with Crippen molar-refractivity contribution in [3.05, 3.63) is 52.5 Å². The average molecular weight is 448 g/mol. The van der Waals surface area contributed by atoms with E-state index < -0.39 is 11.5 Å². The highest BCUT2D eigenvalue weighted by Crippen LogP contribution is 2.49. The lowest BCUT2D eigenvalue weighted by Crippen LogP contribution is -2.50. The number of ketones is 1. The number of anilines is 2.